The van der Waals surface area contributed by atoms with Gasteiger partial charge in [-0.1, -0.05) is 328 Å². The molecule has 14 aromatic carbocycles. The number of benzene rings is 14. The summed E-state index contributed by atoms with van der Waals surface area (Å²) in [7, 11) is -1.11. The van der Waals surface area contributed by atoms with Gasteiger partial charge in [0.1, 0.15) is 4.60 Å². The minimum absolute atomic E-state index is 0.493. The lowest BCUT2D eigenvalue weighted by Crippen LogP contribution is -2.41. The molecule has 0 unspecified atom stereocenters. The van der Waals surface area contributed by atoms with E-state index in [-0.39, 0.29) is 0 Å². The average molecular weight is 1740 g/mol. The van der Waals surface area contributed by atoms with Gasteiger partial charge in [0, 0.05) is 63.1 Å². The van der Waals surface area contributed by atoms with Gasteiger partial charge in [-0.05, 0) is 225 Å². The summed E-state index contributed by atoms with van der Waals surface area (Å²) in [5.74, 6) is 3.76. The van der Waals surface area contributed by atoms with Gasteiger partial charge in [0.15, 0.2) is 34.9 Å². The number of fused-ring (bicyclic) bond motifs is 2. The summed E-state index contributed by atoms with van der Waals surface area (Å²) in [6, 6.07) is 132. The van der Waals surface area contributed by atoms with E-state index in [0.29, 0.717) is 34.9 Å². The molecule has 0 atom stereocenters. The molecule has 2 fully saturated rings. The number of pyridine rings is 3. The highest BCUT2D eigenvalue weighted by Gasteiger charge is 2.54. The third-order valence-electron chi connectivity index (χ3n) is 24.7. The van der Waals surface area contributed by atoms with E-state index in [1.807, 2.05) is 128 Å². The Balaban J connectivity index is 0.000000156. The van der Waals surface area contributed by atoms with Gasteiger partial charge in [-0.15, -0.1) is 0 Å². The van der Waals surface area contributed by atoms with Crippen LogP contribution in [-0.2, 0) is 18.6 Å². The first-order valence-corrected chi connectivity index (χ1v) is 44.2. The normalized spacial score (nSPS) is 14.0. The number of hydrogen-bond donors (Lipinski definition) is 0. The summed E-state index contributed by atoms with van der Waals surface area (Å²) in [5, 5.41) is 4.60. The van der Waals surface area contributed by atoms with Crippen LogP contribution in [0.15, 0.2) is 405 Å². The van der Waals surface area contributed by atoms with Crippen molar-refractivity contribution in [3.05, 3.63) is 405 Å². The molecule has 0 amide bonds. The lowest BCUT2D eigenvalue weighted by Gasteiger charge is -2.32. The third kappa shape index (κ3) is 18.1. The maximum atomic E-state index is 6.61. The summed E-state index contributed by atoms with van der Waals surface area (Å²) in [6.45, 7) is 16.7. The molecule has 19 aromatic rings. The molecule has 2 saturated heterocycles. The van der Waals surface area contributed by atoms with Crippen LogP contribution in [0.1, 0.15) is 55.4 Å². The van der Waals surface area contributed by atoms with Crippen molar-refractivity contribution in [2.45, 2.75) is 77.8 Å². The van der Waals surface area contributed by atoms with E-state index in [1.165, 1.54) is 16.3 Å². The van der Waals surface area contributed by atoms with Gasteiger partial charge < -0.3 is 18.6 Å². The van der Waals surface area contributed by atoms with Crippen molar-refractivity contribution in [1.82, 2.24) is 44.9 Å². The number of nitrogens with zero attached hydrogens (tertiary/aromatic N) is 9. The fraction of sp³-hybridized carbons (Fsp3) is 0.106. The Bertz CT molecular complexity index is 7080. The van der Waals surface area contributed by atoms with Crippen LogP contribution in [0, 0.1) is 0 Å². The highest BCUT2D eigenvalue weighted by molar-refractivity contribution is 9.10. The Kier molecular flexibility index (Phi) is 23.5. The maximum absolute atomic E-state index is 6.61. The molecule has 13 nitrogen and oxygen atoms in total. The molecule has 2 aliphatic rings. The Morgan fingerprint density at radius 2 is 0.434 bits per heavy atom. The minimum atomic E-state index is -0.556. The summed E-state index contributed by atoms with van der Waals surface area (Å²) >= 11 is 3.20. The van der Waals surface area contributed by atoms with Crippen molar-refractivity contribution < 1.29 is 18.6 Å². The second-order valence-electron chi connectivity index (χ2n) is 34.2. The highest BCUT2D eigenvalue weighted by Crippen LogP contribution is 2.44. The number of aromatic nitrogens is 9. The molecule has 0 N–H and O–H groups in total. The molecule has 16 heteroatoms. The zero-order valence-corrected chi connectivity index (χ0v) is 74.4. The standard InChI is InChI=1S/C55H51B2N3O4.C53H35N5.C5H4BrN/c1-52(2)53(3,4)62-56(61-52)43-33-42(34-44(35-43)57-63-54(5,6)55(7,8)64-57)46-32-31-45(47-21-15-16-22-48(46)47)38-25-29-41(30-26-38)51-59-49(39-19-13-10-14-20-39)58-50(60-51)40-27-23-37(24-28-40)36-17-11-9-12-18-36;1-3-13-36(14-4-1)37-21-25-40(26-22-37)52-56-51(39-15-5-2-6-16-39)57-53(58-52)41-27-23-38(24-28-41)45-29-30-46(48-18-8-7-17-47(45)48)42-33-43(49-19-9-11-31-54-49)35-44(34-42)50-20-10-12-32-55-50;6-5-3-1-2-4-7-5/h9-35H,1-8H3;1-35H;1-4H. The van der Waals surface area contributed by atoms with E-state index >= 15 is 0 Å². The van der Waals surface area contributed by atoms with Crippen LogP contribution in [0.4, 0.5) is 0 Å². The lowest BCUT2D eigenvalue weighted by molar-refractivity contribution is 0.00578. The van der Waals surface area contributed by atoms with E-state index < -0.39 is 36.6 Å². The Morgan fingerprint density at radius 3 is 0.713 bits per heavy atom. The number of rotatable bonds is 16. The zero-order chi connectivity index (χ0) is 88.2. The van der Waals surface area contributed by atoms with E-state index in [4.69, 9.17) is 48.5 Å². The Hall–Kier alpha value is -14.5. The van der Waals surface area contributed by atoms with E-state index in [1.54, 1.807) is 6.20 Å². The summed E-state index contributed by atoms with van der Waals surface area (Å²) in [4.78, 5) is 43.2. The summed E-state index contributed by atoms with van der Waals surface area (Å²) in [6.07, 6.45) is 5.42. The van der Waals surface area contributed by atoms with Crippen molar-refractivity contribution in [3.63, 3.8) is 0 Å². The Labute approximate surface area is 761 Å². The van der Waals surface area contributed by atoms with Gasteiger partial charge in [-0.2, -0.15) is 0 Å². The zero-order valence-electron chi connectivity index (χ0n) is 72.8. The van der Waals surface area contributed by atoms with Crippen LogP contribution in [-0.4, -0.2) is 81.5 Å². The molecule has 0 aliphatic carbocycles. The Morgan fingerprint density at radius 1 is 0.202 bits per heavy atom. The summed E-state index contributed by atoms with van der Waals surface area (Å²) in [5.41, 5.74) is 22.8. The maximum Gasteiger partial charge on any atom is 0.494 e. The van der Waals surface area contributed by atoms with Crippen molar-refractivity contribution in [3.8, 4) is 158 Å². The minimum Gasteiger partial charge on any atom is -0.399 e. The second-order valence-corrected chi connectivity index (χ2v) is 35.1. The smallest absolute Gasteiger partial charge is 0.399 e. The summed E-state index contributed by atoms with van der Waals surface area (Å²) < 4.78 is 27.3. The molecular weight excluding hydrogens is 1650 g/mol. The van der Waals surface area contributed by atoms with Gasteiger partial charge in [0.05, 0.1) is 33.8 Å². The van der Waals surface area contributed by atoms with Gasteiger partial charge in [0.2, 0.25) is 0 Å². The lowest BCUT2D eigenvalue weighted by atomic mass is 9.70. The van der Waals surface area contributed by atoms with E-state index in [9.17, 15) is 0 Å². The topological polar surface area (TPSA) is 153 Å². The molecule has 624 valence electrons. The fourth-order valence-electron chi connectivity index (χ4n) is 16.3. The molecule has 5 aromatic heterocycles. The molecule has 0 bridgehead atoms. The molecule has 21 rings (SSSR count). The van der Waals surface area contributed by atoms with Crippen LogP contribution in [0.3, 0.4) is 0 Å². The largest absolute Gasteiger partial charge is 0.494 e. The van der Waals surface area contributed by atoms with Gasteiger partial charge in [0.25, 0.3) is 0 Å². The predicted octanol–water partition coefficient (Wildman–Crippen LogP) is 26.6. The van der Waals surface area contributed by atoms with Crippen LogP contribution in [0.5, 0.6) is 0 Å². The predicted molar refractivity (Wildman–Crippen MR) is 530 cm³/mol. The molecule has 0 saturated carbocycles. The quantitative estimate of drug-likeness (QED) is 0.0667. The van der Waals surface area contributed by atoms with E-state index in [2.05, 4.69) is 353 Å². The SMILES string of the molecule is Brc1ccccn1.CC1(C)OB(c2cc(B3OC(C)(C)C(C)(C)O3)cc(-c3ccc(-c4ccc(-c5nc(-c6ccccc6)nc(-c6ccc(-c7ccccc7)cc6)n5)cc4)c4ccccc34)c2)OC1(C)C.c1ccc(-c2ccc(-c3nc(-c4ccccc4)nc(-c4ccc(-c5ccc(-c6cc(-c7ccccn7)cc(-c7ccccn7)c6)c6ccccc56)cc4)n3)cc2)cc1. The van der Waals surface area contributed by atoms with Crippen molar-refractivity contribution in [1.29, 1.82) is 0 Å². The first kappa shape index (κ1) is 84.0. The first-order chi connectivity index (χ1) is 62.8. The number of halogens is 1. The second kappa shape index (κ2) is 36.1. The van der Waals surface area contributed by atoms with E-state index in [0.717, 1.165) is 143 Å². The molecule has 0 radical (unpaired) electrons. The molecule has 7 heterocycles. The van der Waals surface area contributed by atoms with Gasteiger partial charge >= 0.3 is 14.2 Å². The van der Waals surface area contributed by atoms with Crippen molar-refractivity contribution >= 4 is 62.6 Å². The monoisotopic (exact) mass is 1740 g/mol. The van der Waals surface area contributed by atoms with Crippen LogP contribution < -0.4 is 10.9 Å². The highest BCUT2D eigenvalue weighted by atomic mass is 79.9. The first-order valence-electron chi connectivity index (χ1n) is 43.4. The van der Waals surface area contributed by atoms with Crippen LogP contribution in [0.2, 0.25) is 0 Å². The average Bonchev–Trinajstić information content (AvgIpc) is 1.63. The molecule has 129 heavy (non-hydrogen) atoms. The number of hydrogen-bond acceptors (Lipinski definition) is 13. The van der Waals surface area contributed by atoms with Crippen LogP contribution >= 0.6 is 15.9 Å². The van der Waals surface area contributed by atoms with Gasteiger partial charge in [-0.3, -0.25) is 9.97 Å². The van der Waals surface area contributed by atoms with Crippen LogP contribution in [0.25, 0.3) is 179 Å². The van der Waals surface area contributed by atoms with Crippen molar-refractivity contribution in [2.75, 3.05) is 0 Å². The molecule has 0 spiro atoms. The molecular formula is C113H90B2BrN9O4. The fourth-order valence-corrected chi connectivity index (χ4v) is 16.6. The van der Waals surface area contributed by atoms with Crippen molar-refractivity contribution in [2.24, 2.45) is 0 Å². The molecule has 2 aliphatic heterocycles. The van der Waals surface area contributed by atoms with Gasteiger partial charge in [-0.25, -0.2) is 34.9 Å². The third-order valence-corrected chi connectivity index (χ3v) is 25.2.